The van der Waals surface area contributed by atoms with Crippen molar-refractivity contribution < 1.29 is 8.83 Å². The Morgan fingerprint density at radius 2 is 0.881 bits per heavy atom. The van der Waals surface area contributed by atoms with Crippen LogP contribution in [0.3, 0.4) is 0 Å². The summed E-state index contributed by atoms with van der Waals surface area (Å²) < 4.78 is 13.0. The van der Waals surface area contributed by atoms with Crippen LogP contribution in [-0.4, -0.2) is 0 Å². The van der Waals surface area contributed by atoms with Crippen molar-refractivity contribution in [3.05, 3.63) is 229 Å². The van der Waals surface area contributed by atoms with Gasteiger partial charge in [0.1, 0.15) is 22.3 Å². The number of fused-ring (bicyclic) bond motifs is 12. The van der Waals surface area contributed by atoms with E-state index < -0.39 is 5.41 Å². The van der Waals surface area contributed by atoms with Crippen LogP contribution in [0.15, 0.2) is 215 Å². The van der Waals surface area contributed by atoms with Crippen molar-refractivity contribution in [2.75, 3.05) is 0 Å². The maximum atomic E-state index is 6.57. The minimum absolute atomic E-state index is 0.605. The third-order valence-electron chi connectivity index (χ3n) is 12.9. The minimum Gasteiger partial charge on any atom is -0.456 e. The molecule has 0 amide bonds. The lowest BCUT2D eigenvalue weighted by atomic mass is 9.66. The molecule has 12 aromatic rings. The zero-order valence-electron chi connectivity index (χ0n) is 31.9. The van der Waals surface area contributed by atoms with Crippen LogP contribution in [0.4, 0.5) is 0 Å². The Kier molecular flexibility index (Phi) is 6.68. The van der Waals surface area contributed by atoms with Crippen LogP contribution in [0.2, 0.25) is 0 Å². The number of hydrogen-bond donors (Lipinski definition) is 0. The second kappa shape index (κ2) is 12.2. The van der Waals surface area contributed by atoms with Crippen molar-refractivity contribution in [1.29, 1.82) is 0 Å². The molecule has 2 nitrogen and oxygen atoms in total. The highest BCUT2D eigenvalue weighted by Gasteiger charge is 2.47. The second-order valence-electron chi connectivity index (χ2n) is 15.9. The van der Waals surface area contributed by atoms with Gasteiger partial charge in [-0.2, -0.15) is 0 Å². The Morgan fingerprint density at radius 3 is 1.71 bits per heavy atom. The van der Waals surface area contributed by atoms with Gasteiger partial charge in [-0.3, -0.25) is 0 Å². The normalized spacial score (nSPS) is 13.2. The Bertz CT molecular complexity index is 3620. The zero-order chi connectivity index (χ0) is 38.7. The Labute approximate surface area is 340 Å². The Morgan fingerprint density at radius 1 is 0.305 bits per heavy atom. The molecule has 2 aromatic heterocycles. The van der Waals surface area contributed by atoms with Crippen molar-refractivity contribution >= 4 is 65.4 Å². The van der Waals surface area contributed by atoms with Gasteiger partial charge in [0, 0.05) is 21.5 Å². The largest absolute Gasteiger partial charge is 0.456 e. The average Bonchev–Trinajstić information content (AvgIpc) is 3.96. The minimum atomic E-state index is -0.605. The van der Waals surface area contributed by atoms with Gasteiger partial charge in [0.05, 0.1) is 5.41 Å². The summed E-state index contributed by atoms with van der Waals surface area (Å²) >= 11 is 0. The van der Waals surface area contributed by atoms with Gasteiger partial charge in [-0.25, -0.2) is 0 Å². The van der Waals surface area contributed by atoms with Gasteiger partial charge in [0.25, 0.3) is 0 Å². The van der Waals surface area contributed by atoms with Gasteiger partial charge in [-0.15, -0.1) is 0 Å². The fourth-order valence-corrected chi connectivity index (χ4v) is 10.4. The first kappa shape index (κ1) is 32.4. The van der Waals surface area contributed by atoms with Gasteiger partial charge in [0.15, 0.2) is 0 Å². The van der Waals surface area contributed by atoms with Gasteiger partial charge < -0.3 is 8.83 Å². The molecule has 59 heavy (non-hydrogen) atoms. The summed E-state index contributed by atoms with van der Waals surface area (Å²) in [6.07, 6.45) is 0. The van der Waals surface area contributed by atoms with Crippen molar-refractivity contribution in [3.63, 3.8) is 0 Å². The highest BCUT2D eigenvalue weighted by atomic mass is 16.3. The molecule has 2 heteroatoms. The van der Waals surface area contributed by atoms with Gasteiger partial charge in [0.2, 0.25) is 0 Å². The van der Waals surface area contributed by atoms with Crippen LogP contribution in [0.25, 0.3) is 98.8 Å². The van der Waals surface area contributed by atoms with E-state index in [-0.39, 0.29) is 0 Å². The maximum absolute atomic E-state index is 6.57. The van der Waals surface area contributed by atoms with E-state index in [0.29, 0.717) is 0 Å². The summed E-state index contributed by atoms with van der Waals surface area (Å²) in [5.41, 5.74) is 15.2. The van der Waals surface area contributed by atoms with E-state index in [2.05, 4.69) is 194 Å². The predicted molar refractivity (Wildman–Crippen MR) is 244 cm³/mol. The first-order chi connectivity index (χ1) is 29.2. The second-order valence-corrected chi connectivity index (χ2v) is 15.9. The molecule has 1 aliphatic carbocycles. The molecule has 0 aliphatic heterocycles. The smallest absolute Gasteiger partial charge is 0.136 e. The fraction of sp³-hybridized carbons (Fsp3) is 0.0175. The lowest BCUT2D eigenvalue weighted by Gasteiger charge is -2.35. The topological polar surface area (TPSA) is 26.3 Å². The summed E-state index contributed by atoms with van der Waals surface area (Å²) in [7, 11) is 0. The third-order valence-corrected chi connectivity index (χ3v) is 12.9. The zero-order valence-corrected chi connectivity index (χ0v) is 31.9. The molecular weight excluding hydrogens is 717 g/mol. The number of benzene rings is 10. The third kappa shape index (κ3) is 4.51. The SMILES string of the molecule is c1ccc(C2(c3ccccc3)c3cc(-c4cccc5oc6cc7ccccc7cc6c45)ccc3-c3ccc4c(-c5ccc6c(c5)oc5ccccc56)cccc4c32)cc1. The van der Waals surface area contributed by atoms with E-state index in [0.717, 1.165) is 49.4 Å². The van der Waals surface area contributed by atoms with Crippen LogP contribution in [-0.2, 0) is 5.41 Å². The number of furan rings is 2. The van der Waals surface area contributed by atoms with Crippen LogP contribution in [0, 0.1) is 0 Å². The summed E-state index contributed by atoms with van der Waals surface area (Å²) in [5.74, 6) is 0. The Balaban J connectivity index is 1.09. The van der Waals surface area contributed by atoms with E-state index >= 15 is 0 Å². The molecule has 0 fully saturated rings. The predicted octanol–water partition coefficient (Wildman–Crippen LogP) is 15.5. The Hall–Kier alpha value is -7.68. The maximum Gasteiger partial charge on any atom is 0.136 e. The first-order valence-electron chi connectivity index (χ1n) is 20.3. The molecule has 1 aliphatic rings. The molecule has 0 radical (unpaired) electrons. The highest BCUT2D eigenvalue weighted by Crippen LogP contribution is 2.59. The summed E-state index contributed by atoms with van der Waals surface area (Å²) in [4.78, 5) is 0. The van der Waals surface area contributed by atoms with E-state index in [1.54, 1.807) is 0 Å². The molecule has 0 saturated carbocycles. The van der Waals surface area contributed by atoms with Crippen LogP contribution in [0.5, 0.6) is 0 Å². The molecule has 0 saturated heterocycles. The fourth-order valence-electron chi connectivity index (χ4n) is 10.4. The van der Waals surface area contributed by atoms with Crippen molar-refractivity contribution in [2.24, 2.45) is 0 Å². The van der Waals surface area contributed by atoms with E-state index in [9.17, 15) is 0 Å². The summed E-state index contributed by atoms with van der Waals surface area (Å²) in [6.45, 7) is 0. The average molecular weight is 751 g/mol. The lowest BCUT2D eigenvalue weighted by molar-refractivity contribution is 0.669. The molecule has 10 aromatic carbocycles. The van der Waals surface area contributed by atoms with Crippen molar-refractivity contribution in [1.82, 2.24) is 0 Å². The van der Waals surface area contributed by atoms with E-state index in [1.807, 2.05) is 12.1 Å². The van der Waals surface area contributed by atoms with E-state index in [1.165, 1.54) is 71.6 Å². The molecule has 0 atom stereocenters. The molecular formula is C57H34O2. The number of para-hydroxylation sites is 1. The summed E-state index contributed by atoms with van der Waals surface area (Å²) in [6, 6.07) is 75.3. The van der Waals surface area contributed by atoms with Crippen molar-refractivity contribution in [2.45, 2.75) is 5.41 Å². The quantitative estimate of drug-likeness (QED) is 0.179. The molecule has 0 N–H and O–H groups in total. The molecule has 13 rings (SSSR count). The summed E-state index contributed by atoms with van der Waals surface area (Å²) in [5, 5.41) is 9.40. The van der Waals surface area contributed by atoms with Crippen molar-refractivity contribution in [3.8, 4) is 33.4 Å². The van der Waals surface area contributed by atoms with Crippen LogP contribution < -0.4 is 0 Å². The van der Waals surface area contributed by atoms with Gasteiger partial charge >= 0.3 is 0 Å². The van der Waals surface area contributed by atoms with Gasteiger partial charge in [-0.1, -0.05) is 164 Å². The number of hydrogen-bond acceptors (Lipinski definition) is 2. The first-order valence-corrected chi connectivity index (χ1v) is 20.3. The molecule has 0 unspecified atom stereocenters. The standard InChI is InChI=1S/C57H34O2/c1-3-15-39(16-4-1)57(40-17-5-2-6-18-40)50-32-37(42-21-12-24-52-55(42)49-31-35-13-7-8-14-36(35)33-54(49)59-52)25-27-44(50)48-30-29-43-41(20-11-22-47(43)56(48)57)38-26-28-46-45-19-9-10-23-51(45)58-53(46)34-38/h1-34H. The van der Waals surface area contributed by atoms with Crippen LogP contribution in [0.1, 0.15) is 22.3 Å². The van der Waals surface area contributed by atoms with Crippen LogP contribution >= 0.6 is 0 Å². The van der Waals surface area contributed by atoms with E-state index in [4.69, 9.17) is 8.83 Å². The molecule has 274 valence electrons. The lowest BCUT2D eigenvalue weighted by Crippen LogP contribution is -2.29. The highest BCUT2D eigenvalue weighted by molar-refractivity contribution is 6.16. The van der Waals surface area contributed by atoms with Gasteiger partial charge in [-0.05, 0) is 120 Å². The monoisotopic (exact) mass is 750 g/mol. The molecule has 0 spiro atoms. The molecule has 2 heterocycles. The molecule has 0 bridgehead atoms. The number of rotatable bonds is 4.